The minimum absolute atomic E-state index is 0.0354. The van der Waals surface area contributed by atoms with E-state index in [2.05, 4.69) is 15.0 Å². The number of halogens is 2. The van der Waals surface area contributed by atoms with Crippen LogP contribution in [0.15, 0.2) is 36.4 Å². The molecule has 2 rings (SSSR count). The summed E-state index contributed by atoms with van der Waals surface area (Å²) in [4.78, 5) is 16.2. The number of amides is 1. The molecule has 1 aromatic carbocycles. The number of carbonyl (C=O) groups excluding carboxylic acids is 1. The molecule has 1 amide bonds. The molecule has 0 spiro atoms. The third kappa shape index (κ3) is 7.43. The van der Waals surface area contributed by atoms with Crippen LogP contribution in [0.5, 0.6) is 5.88 Å². The molecule has 10 heteroatoms. The molecule has 0 saturated heterocycles. The summed E-state index contributed by atoms with van der Waals surface area (Å²) in [6.45, 7) is 2.92. The second kappa shape index (κ2) is 10.1. The number of ether oxygens (including phenoxy) is 1. The van der Waals surface area contributed by atoms with Crippen LogP contribution in [0.1, 0.15) is 30.7 Å². The number of anilines is 1. The Hall–Kier alpha value is -3.01. The van der Waals surface area contributed by atoms with Gasteiger partial charge in [0.1, 0.15) is 12.5 Å². The van der Waals surface area contributed by atoms with Gasteiger partial charge >= 0.3 is 0 Å². The van der Waals surface area contributed by atoms with Crippen LogP contribution >= 0.6 is 0 Å². The molecule has 0 bridgehead atoms. The van der Waals surface area contributed by atoms with E-state index < -0.39 is 28.4 Å². The number of nitrogens with zero attached hydrogens (tertiary/aromatic N) is 1. The number of alkyl halides is 1. The molecule has 0 fully saturated rings. The summed E-state index contributed by atoms with van der Waals surface area (Å²) in [5.41, 5.74) is 1.02. The first-order valence-corrected chi connectivity index (χ1v) is 10.9. The highest BCUT2D eigenvalue weighted by Gasteiger charge is 2.10. The number of rotatable bonds is 9. The molecule has 30 heavy (non-hydrogen) atoms. The van der Waals surface area contributed by atoms with Gasteiger partial charge in [-0.15, -0.1) is 0 Å². The number of pyridine rings is 1. The van der Waals surface area contributed by atoms with E-state index in [1.807, 2.05) is 0 Å². The van der Waals surface area contributed by atoms with Crippen molar-refractivity contribution in [2.75, 3.05) is 11.0 Å². The van der Waals surface area contributed by atoms with Crippen molar-refractivity contribution in [1.82, 2.24) is 10.3 Å². The second-order valence-electron chi connectivity index (χ2n) is 6.74. The Morgan fingerprint density at radius 2 is 2.00 bits per heavy atom. The maximum Gasteiger partial charge on any atom is 0.244 e. The fraction of sp³-hybridized carbons (Fsp3) is 0.300. The summed E-state index contributed by atoms with van der Waals surface area (Å²) in [5, 5.41) is 2.59. The monoisotopic (exact) mass is 439 g/mol. The molecule has 1 aromatic heterocycles. The predicted molar refractivity (Wildman–Crippen MR) is 111 cm³/mol. The van der Waals surface area contributed by atoms with E-state index in [-0.39, 0.29) is 29.9 Å². The quantitative estimate of drug-likeness (QED) is 0.585. The maximum absolute atomic E-state index is 14.0. The van der Waals surface area contributed by atoms with Crippen molar-refractivity contribution in [2.24, 2.45) is 0 Å². The summed E-state index contributed by atoms with van der Waals surface area (Å²) in [7, 11) is -3.59. The first-order chi connectivity index (χ1) is 14.1. The largest absolute Gasteiger partial charge is 0.475 e. The second-order valence-corrected chi connectivity index (χ2v) is 8.49. The molecule has 0 aliphatic carbocycles. The predicted octanol–water partition coefficient (Wildman–Crippen LogP) is 3.18. The van der Waals surface area contributed by atoms with E-state index in [9.17, 15) is 22.0 Å². The Kier molecular flexibility index (Phi) is 7.87. The third-order valence-electron chi connectivity index (χ3n) is 3.64. The first kappa shape index (κ1) is 23.3. The Morgan fingerprint density at radius 1 is 1.27 bits per heavy atom. The average Bonchev–Trinajstić information content (AvgIpc) is 2.65. The van der Waals surface area contributed by atoms with Gasteiger partial charge in [0, 0.05) is 18.2 Å². The van der Waals surface area contributed by atoms with Gasteiger partial charge in [-0.05, 0) is 49.8 Å². The molecule has 0 atom stereocenters. The van der Waals surface area contributed by atoms with E-state index in [0.717, 1.165) is 12.3 Å². The number of carbonyl (C=O) groups is 1. The lowest BCUT2D eigenvalue weighted by Crippen LogP contribution is -2.20. The van der Waals surface area contributed by atoms with Crippen LogP contribution in [-0.4, -0.2) is 31.7 Å². The van der Waals surface area contributed by atoms with Gasteiger partial charge in [-0.1, -0.05) is 6.07 Å². The van der Waals surface area contributed by atoms with E-state index in [1.54, 1.807) is 19.9 Å². The molecular formula is C20H23F2N3O4S. The first-order valence-electron chi connectivity index (χ1n) is 9.02. The number of hydrogen-bond acceptors (Lipinski definition) is 5. The molecule has 2 aromatic rings. The van der Waals surface area contributed by atoms with Gasteiger partial charge < -0.3 is 10.1 Å². The SMILES string of the molecule is CC(C)Oc1nc(CF)ccc1/C=C/C(=O)NCc1ccc(NS(C)(=O)=O)c(F)c1. The minimum Gasteiger partial charge on any atom is -0.475 e. The van der Waals surface area contributed by atoms with Crippen LogP contribution in [0.2, 0.25) is 0 Å². The van der Waals surface area contributed by atoms with Crippen molar-refractivity contribution < 1.29 is 26.7 Å². The van der Waals surface area contributed by atoms with Crippen molar-refractivity contribution in [3.8, 4) is 5.88 Å². The molecule has 2 N–H and O–H groups in total. The lowest BCUT2D eigenvalue weighted by Gasteiger charge is -2.12. The van der Waals surface area contributed by atoms with E-state index in [4.69, 9.17) is 4.74 Å². The van der Waals surface area contributed by atoms with Gasteiger partial charge in [-0.3, -0.25) is 9.52 Å². The third-order valence-corrected chi connectivity index (χ3v) is 4.23. The number of hydrogen-bond donors (Lipinski definition) is 2. The Labute approximate surface area is 174 Å². The van der Waals surface area contributed by atoms with E-state index in [1.165, 1.54) is 30.4 Å². The Bertz CT molecular complexity index is 1040. The number of nitrogens with one attached hydrogen (secondary N) is 2. The molecule has 0 aliphatic heterocycles. The van der Waals surface area contributed by atoms with Gasteiger partial charge in [-0.25, -0.2) is 22.2 Å². The fourth-order valence-corrected chi connectivity index (χ4v) is 2.94. The van der Waals surface area contributed by atoms with Crippen LogP contribution in [0.4, 0.5) is 14.5 Å². The van der Waals surface area contributed by atoms with Gasteiger partial charge in [0.2, 0.25) is 21.8 Å². The highest BCUT2D eigenvalue weighted by Crippen LogP contribution is 2.20. The van der Waals surface area contributed by atoms with Crippen LogP contribution in [0.25, 0.3) is 6.08 Å². The molecule has 0 aliphatic rings. The lowest BCUT2D eigenvalue weighted by molar-refractivity contribution is -0.116. The average molecular weight is 439 g/mol. The lowest BCUT2D eigenvalue weighted by atomic mass is 10.2. The van der Waals surface area contributed by atoms with Crippen LogP contribution in [-0.2, 0) is 28.0 Å². The summed E-state index contributed by atoms with van der Waals surface area (Å²) in [6.07, 6.45) is 3.49. The molecule has 0 saturated carbocycles. The molecule has 162 valence electrons. The van der Waals surface area contributed by atoms with E-state index in [0.29, 0.717) is 11.1 Å². The smallest absolute Gasteiger partial charge is 0.244 e. The molecule has 0 unspecified atom stereocenters. The zero-order valence-corrected chi connectivity index (χ0v) is 17.6. The maximum atomic E-state index is 14.0. The molecule has 7 nitrogen and oxygen atoms in total. The normalized spacial score (nSPS) is 11.7. The van der Waals surface area contributed by atoms with Gasteiger partial charge in [0.25, 0.3) is 0 Å². The van der Waals surface area contributed by atoms with Gasteiger partial charge in [0.05, 0.1) is 23.7 Å². The summed E-state index contributed by atoms with van der Waals surface area (Å²) >= 11 is 0. The fourth-order valence-electron chi connectivity index (χ4n) is 2.37. The molecule has 0 radical (unpaired) electrons. The highest BCUT2D eigenvalue weighted by atomic mass is 32.2. The zero-order chi connectivity index (χ0) is 22.3. The topological polar surface area (TPSA) is 97.4 Å². The van der Waals surface area contributed by atoms with Gasteiger partial charge in [-0.2, -0.15) is 0 Å². The van der Waals surface area contributed by atoms with Crippen molar-refractivity contribution in [1.29, 1.82) is 0 Å². The van der Waals surface area contributed by atoms with E-state index >= 15 is 0 Å². The van der Waals surface area contributed by atoms with Crippen molar-refractivity contribution in [3.05, 3.63) is 59.0 Å². The Balaban J connectivity index is 2.02. The van der Waals surface area contributed by atoms with Crippen molar-refractivity contribution in [2.45, 2.75) is 33.2 Å². The summed E-state index contributed by atoms with van der Waals surface area (Å²) in [5.74, 6) is -0.976. The standard InChI is InChI=1S/C20H23F2N3O4S/c1-13(2)29-20-15(5-7-16(11-21)24-20)6-9-19(26)23-12-14-4-8-18(17(22)10-14)25-30(3,27)28/h4-10,13,25H,11-12H2,1-3H3,(H,23,26)/b9-6+. The molecular weight excluding hydrogens is 416 g/mol. The summed E-state index contributed by atoms with van der Waals surface area (Å²) in [6, 6.07) is 7.01. The Morgan fingerprint density at radius 3 is 2.60 bits per heavy atom. The zero-order valence-electron chi connectivity index (χ0n) is 16.8. The van der Waals surface area contributed by atoms with Crippen LogP contribution in [0.3, 0.4) is 0 Å². The minimum atomic E-state index is -3.59. The van der Waals surface area contributed by atoms with Crippen LogP contribution < -0.4 is 14.8 Å². The number of aromatic nitrogens is 1. The summed E-state index contributed by atoms with van der Waals surface area (Å²) < 4.78 is 56.8. The molecule has 1 heterocycles. The number of benzene rings is 1. The van der Waals surface area contributed by atoms with Crippen LogP contribution in [0, 0.1) is 5.82 Å². The van der Waals surface area contributed by atoms with Crippen molar-refractivity contribution >= 4 is 27.7 Å². The number of sulfonamides is 1. The van der Waals surface area contributed by atoms with Gasteiger partial charge in [0.15, 0.2) is 0 Å². The van der Waals surface area contributed by atoms with Crippen molar-refractivity contribution in [3.63, 3.8) is 0 Å². The highest BCUT2D eigenvalue weighted by molar-refractivity contribution is 7.92.